The number of nitrogens with one attached hydrogen (secondary N) is 1. The molecule has 0 saturated carbocycles. The number of nitrogens with zero attached hydrogens (tertiary/aromatic N) is 1. The van der Waals surface area contributed by atoms with Crippen LogP contribution in [0.1, 0.15) is 25.8 Å². The molecule has 1 aromatic carbocycles. The van der Waals surface area contributed by atoms with Crippen LogP contribution in [-0.4, -0.2) is 17.4 Å². The van der Waals surface area contributed by atoms with Gasteiger partial charge in [-0.1, -0.05) is 19.9 Å². The molecule has 0 saturated heterocycles. The lowest BCUT2D eigenvalue weighted by atomic mass is 9.96. The fourth-order valence-electron chi connectivity index (χ4n) is 2.02. The standard InChI is InChI=1S/C14H21N3O3/c1-9(2)6-11(8-15)14(18)16-12-7-10(3)4-5-13(12)17(19)20/h4-5,7,9,11H,6,8,15H2,1-3H3,(H,16,18). The average molecular weight is 279 g/mol. The Morgan fingerprint density at radius 3 is 2.60 bits per heavy atom. The zero-order valence-electron chi connectivity index (χ0n) is 12.1. The number of benzene rings is 1. The Hall–Kier alpha value is -1.95. The number of hydrogen-bond acceptors (Lipinski definition) is 4. The summed E-state index contributed by atoms with van der Waals surface area (Å²) in [6, 6.07) is 4.63. The fourth-order valence-corrected chi connectivity index (χ4v) is 2.02. The molecule has 1 rings (SSSR count). The summed E-state index contributed by atoms with van der Waals surface area (Å²) in [7, 11) is 0. The topological polar surface area (TPSA) is 98.3 Å². The van der Waals surface area contributed by atoms with Crippen molar-refractivity contribution < 1.29 is 9.72 Å². The molecule has 0 aliphatic carbocycles. The number of anilines is 1. The van der Waals surface area contributed by atoms with Crippen molar-refractivity contribution in [1.82, 2.24) is 0 Å². The minimum atomic E-state index is -0.505. The van der Waals surface area contributed by atoms with Crippen molar-refractivity contribution in [2.24, 2.45) is 17.6 Å². The molecule has 0 radical (unpaired) electrons. The first-order valence-corrected chi connectivity index (χ1v) is 6.61. The highest BCUT2D eigenvalue weighted by molar-refractivity contribution is 5.94. The molecule has 1 unspecified atom stereocenters. The maximum absolute atomic E-state index is 12.2. The Labute approximate surface area is 118 Å². The second kappa shape index (κ2) is 7.00. The van der Waals surface area contributed by atoms with Crippen LogP contribution in [0.25, 0.3) is 0 Å². The van der Waals surface area contributed by atoms with Gasteiger partial charge in [-0.2, -0.15) is 0 Å². The number of carbonyl (C=O) groups is 1. The molecule has 6 heteroatoms. The van der Waals surface area contributed by atoms with Gasteiger partial charge in [0.2, 0.25) is 5.91 Å². The van der Waals surface area contributed by atoms with Gasteiger partial charge in [-0.25, -0.2) is 0 Å². The van der Waals surface area contributed by atoms with E-state index in [9.17, 15) is 14.9 Å². The third-order valence-corrected chi connectivity index (χ3v) is 3.02. The summed E-state index contributed by atoms with van der Waals surface area (Å²) in [5.41, 5.74) is 6.57. The van der Waals surface area contributed by atoms with E-state index >= 15 is 0 Å². The number of nitro groups is 1. The Morgan fingerprint density at radius 2 is 2.10 bits per heavy atom. The molecule has 0 fully saturated rings. The van der Waals surface area contributed by atoms with E-state index in [1.54, 1.807) is 12.1 Å². The van der Waals surface area contributed by atoms with Gasteiger partial charge in [-0.15, -0.1) is 0 Å². The van der Waals surface area contributed by atoms with Crippen LogP contribution in [0.3, 0.4) is 0 Å². The molecule has 0 aliphatic rings. The maximum Gasteiger partial charge on any atom is 0.292 e. The molecule has 1 amide bonds. The van der Waals surface area contributed by atoms with Gasteiger partial charge in [-0.3, -0.25) is 14.9 Å². The van der Waals surface area contributed by atoms with Crippen molar-refractivity contribution in [3.8, 4) is 0 Å². The molecule has 1 atom stereocenters. The second-order valence-corrected chi connectivity index (χ2v) is 5.33. The number of aryl methyl sites for hydroxylation is 1. The van der Waals surface area contributed by atoms with E-state index in [2.05, 4.69) is 5.32 Å². The van der Waals surface area contributed by atoms with E-state index in [1.165, 1.54) is 6.07 Å². The van der Waals surface area contributed by atoms with Crippen LogP contribution in [0.2, 0.25) is 0 Å². The van der Waals surface area contributed by atoms with E-state index < -0.39 is 4.92 Å². The van der Waals surface area contributed by atoms with E-state index in [0.717, 1.165) is 5.56 Å². The van der Waals surface area contributed by atoms with Crippen LogP contribution < -0.4 is 11.1 Å². The molecular formula is C14H21N3O3. The van der Waals surface area contributed by atoms with Crippen LogP contribution in [0, 0.1) is 28.9 Å². The van der Waals surface area contributed by atoms with Crippen molar-refractivity contribution in [3.05, 3.63) is 33.9 Å². The van der Waals surface area contributed by atoms with Crippen molar-refractivity contribution >= 4 is 17.3 Å². The summed E-state index contributed by atoms with van der Waals surface area (Å²) in [6.07, 6.45) is 0.655. The molecule has 0 spiro atoms. The van der Waals surface area contributed by atoms with Crippen LogP contribution >= 0.6 is 0 Å². The third-order valence-electron chi connectivity index (χ3n) is 3.02. The summed E-state index contributed by atoms with van der Waals surface area (Å²) < 4.78 is 0. The largest absolute Gasteiger partial charge is 0.330 e. The second-order valence-electron chi connectivity index (χ2n) is 5.33. The van der Waals surface area contributed by atoms with Gasteiger partial charge in [0.1, 0.15) is 5.69 Å². The molecule has 3 N–H and O–H groups in total. The van der Waals surface area contributed by atoms with Crippen molar-refractivity contribution in [3.63, 3.8) is 0 Å². The quantitative estimate of drug-likeness (QED) is 0.617. The summed E-state index contributed by atoms with van der Waals surface area (Å²) in [4.78, 5) is 22.6. The molecule has 20 heavy (non-hydrogen) atoms. The highest BCUT2D eigenvalue weighted by Crippen LogP contribution is 2.26. The van der Waals surface area contributed by atoms with E-state index in [0.29, 0.717) is 12.3 Å². The first kappa shape index (κ1) is 16.1. The van der Waals surface area contributed by atoms with Gasteiger partial charge in [0.05, 0.1) is 10.8 Å². The highest BCUT2D eigenvalue weighted by Gasteiger charge is 2.22. The van der Waals surface area contributed by atoms with Gasteiger partial charge in [-0.05, 0) is 30.9 Å². The molecule has 0 heterocycles. The van der Waals surface area contributed by atoms with Gasteiger partial charge >= 0.3 is 0 Å². The van der Waals surface area contributed by atoms with Crippen LogP contribution in [0.4, 0.5) is 11.4 Å². The van der Waals surface area contributed by atoms with Crippen molar-refractivity contribution in [2.75, 3.05) is 11.9 Å². The van der Waals surface area contributed by atoms with Crippen LogP contribution in [0.5, 0.6) is 0 Å². The van der Waals surface area contributed by atoms with Gasteiger partial charge in [0.15, 0.2) is 0 Å². The zero-order chi connectivity index (χ0) is 15.3. The Morgan fingerprint density at radius 1 is 1.45 bits per heavy atom. The van der Waals surface area contributed by atoms with Crippen molar-refractivity contribution in [1.29, 1.82) is 0 Å². The Balaban J connectivity index is 2.94. The lowest BCUT2D eigenvalue weighted by Gasteiger charge is -2.17. The predicted molar refractivity (Wildman–Crippen MR) is 78.5 cm³/mol. The Bertz CT molecular complexity index is 500. The van der Waals surface area contributed by atoms with E-state index in [1.807, 2.05) is 20.8 Å². The van der Waals surface area contributed by atoms with Gasteiger partial charge < -0.3 is 11.1 Å². The first-order chi connectivity index (χ1) is 9.35. The summed E-state index contributed by atoms with van der Waals surface area (Å²) >= 11 is 0. The smallest absolute Gasteiger partial charge is 0.292 e. The number of amides is 1. The molecule has 0 bridgehead atoms. The minimum absolute atomic E-state index is 0.107. The molecule has 6 nitrogen and oxygen atoms in total. The summed E-state index contributed by atoms with van der Waals surface area (Å²) in [5.74, 6) is -0.271. The minimum Gasteiger partial charge on any atom is -0.330 e. The molecular weight excluding hydrogens is 258 g/mol. The molecule has 1 aromatic rings. The fraction of sp³-hybridized carbons (Fsp3) is 0.500. The third kappa shape index (κ3) is 4.31. The number of carbonyl (C=O) groups excluding carboxylic acids is 1. The molecule has 0 aromatic heterocycles. The van der Waals surface area contributed by atoms with Crippen molar-refractivity contribution in [2.45, 2.75) is 27.2 Å². The number of hydrogen-bond donors (Lipinski definition) is 2. The van der Waals surface area contributed by atoms with Gasteiger partial charge in [0, 0.05) is 12.6 Å². The average Bonchev–Trinajstić information content (AvgIpc) is 2.35. The molecule has 110 valence electrons. The monoisotopic (exact) mass is 279 g/mol. The maximum atomic E-state index is 12.2. The summed E-state index contributed by atoms with van der Waals surface area (Å²) in [6.45, 7) is 6.05. The Kier molecular flexibility index (Phi) is 5.64. The van der Waals surface area contributed by atoms with E-state index in [4.69, 9.17) is 5.73 Å². The van der Waals surface area contributed by atoms with Crippen LogP contribution in [0.15, 0.2) is 18.2 Å². The lowest BCUT2D eigenvalue weighted by molar-refractivity contribution is -0.383. The lowest BCUT2D eigenvalue weighted by Crippen LogP contribution is -2.30. The first-order valence-electron chi connectivity index (χ1n) is 6.61. The summed E-state index contributed by atoms with van der Waals surface area (Å²) in [5, 5.41) is 13.6. The highest BCUT2D eigenvalue weighted by atomic mass is 16.6. The van der Waals surface area contributed by atoms with Gasteiger partial charge in [0.25, 0.3) is 5.69 Å². The molecule has 0 aliphatic heterocycles. The normalized spacial score (nSPS) is 12.2. The number of nitro benzene ring substituents is 1. The van der Waals surface area contributed by atoms with Crippen LogP contribution in [-0.2, 0) is 4.79 Å². The zero-order valence-corrected chi connectivity index (χ0v) is 12.1. The predicted octanol–water partition coefficient (Wildman–Crippen LogP) is 2.46. The number of nitrogens with two attached hydrogens (primary N) is 1. The van der Waals surface area contributed by atoms with E-state index in [-0.39, 0.29) is 29.7 Å². The number of rotatable bonds is 6. The SMILES string of the molecule is Cc1ccc([N+](=O)[O-])c(NC(=O)C(CN)CC(C)C)c1.